The maximum atomic E-state index is 11.8. The maximum absolute atomic E-state index is 11.8. The van der Waals surface area contributed by atoms with Gasteiger partial charge in [0.1, 0.15) is 5.75 Å². The van der Waals surface area contributed by atoms with Crippen molar-refractivity contribution in [2.24, 2.45) is 5.92 Å². The highest BCUT2D eigenvalue weighted by molar-refractivity contribution is 5.89. The van der Waals surface area contributed by atoms with Crippen molar-refractivity contribution in [2.45, 2.75) is 71.1 Å². The first-order chi connectivity index (χ1) is 15.0. The van der Waals surface area contributed by atoms with Gasteiger partial charge >= 0.3 is 5.97 Å². The number of hydrogen-bond acceptors (Lipinski definition) is 3. The molecule has 0 unspecified atom stereocenters. The van der Waals surface area contributed by atoms with Crippen LogP contribution in [0.2, 0.25) is 0 Å². The fourth-order valence-corrected chi connectivity index (χ4v) is 4.67. The van der Waals surface area contributed by atoms with Crippen LogP contribution in [0.25, 0.3) is 11.1 Å². The molecule has 0 heterocycles. The molecular weight excluding hydrogens is 384 g/mol. The van der Waals surface area contributed by atoms with Crippen LogP contribution in [0.5, 0.6) is 5.75 Å². The molecule has 3 nitrogen and oxygen atoms in total. The SMILES string of the molecule is C=C(CO)C(=O)Oc1ccc(-c2ccc(C3CCC(CCCCC)CC3)cc2)c(C)c1. The number of aryl methyl sites for hydroxylation is 1. The van der Waals surface area contributed by atoms with Gasteiger partial charge in [-0.1, -0.05) is 69.5 Å². The molecule has 2 aromatic carbocycles. The average molecular weight is 421 g/mol. The molecule has 1 fully saturated rings. The lowest BCUT2D eigenvalue weighted by molar-refractivity contribution is -0.130. The third-order valence-electron chi connectivity index (χ3n) is 6.64. The third kappa shape index (κ3) is 6.30. The molecular formula is C28H36O3. The Morgan fingerprint density at radius 2 is 1.77 bits per heavy atom. The van der Waals surface area contributed by atoms with Crippen LogP contribution >= 0.6 is 0 Å². The van der Waals surface area contributed by atoms with Crippen molar-refractivity contribution in [1.29, 1.82) is 0 Å². The Kier molecular flexibility index (Phi) is 8.48. The van der Waals surface area contributed by atoms with Gasteiger partial charge in [0.15, 0.2) is 0 Å². The molecule has 1 aliphatic rings. The Morgan fingerprint density at radius 3 is 2.39 bits per heavy atom. The smallest absolute Gasteiger partial charge is 0.341 e. The predicted molar refractivity (Wildman–Crippen MR) is 127 cm³/mol. The van der Waals surface area contributed by atoms with Crippen molar-refractivity contribution in [1.82, 2.24) is 0 Å². The fraction of sp³-hybridized carbons (Fsp3) is 0.464. The lowest BCUT2D eigenvalue weighted by Gasteiger charge is -2.29. The van der Waals surface area contributed by atoms with Crippen LogP contribution in [0.15, 0.2) is 54.6 Å². The number of aliphatic hydroxyl groups is 1. The quantitative estimate of drug-likeness (QED) is 0.206. The number of benzene rings is 2. The van der Waals surface area contributed by atoms with E-state index in [2.05, 4.69) is 37.8 Å². The van der Waals surface area contributed by atoms with Crippen LogP contribution in [-0.2, 0) is 4.79 Å². The highest BCUT2D eigenvalue weighted by atomic mass is 16.5. The minimum atomic E-state index is -0.598. The summed E-state index contributed by atoms with van der Waals surface area (Å²) in [5, 5.41) is 9.00. The van der Waals surface area contributed by atoms with Gasteiger partial charge in [0, 0.05) is 0 Å². The first-order valence-electron chi connectivity index (χ1n) is 11.7. The largest absolute Gasteiger partial charge is 0.423 e. The molecule has 1 aliphatic carbocycles. The normalized spacial score (nSPS) is 18.5. The zero-order valence-electron chi connectivity index (χ0n) is 19.0. The zero-order chi connectivity index (χ0) is 22.2. The van der Waals surface area contributed by atoms with Crippen molar-refractivity contribution in [2.75, 3.05) is 6.61 Å². The van der Waals surface area contributed by atoms with Crippen molar-refractivity contribution >= 4 is 5.97 Å². The monoisotopic (exact) mass is 420 g/mol. The summed E-state index contributed by atoms with van der Waals surface area (Å²) in [4.78, 5) is 11.8. The second kappa shape index (κ2) is 11.3. The van der Waals surface area contributed by atoms with Crippen molar-refractivity contribution in [3.05, 3.63) is 65.7 Å². The van der Waals surface area contributed by atoms with Gasteiger partial charge < -0.3 is 9.84 Å². The minimum absolute atomic E-state index is 0.0484. The highest BCUT2D eigenvalue weighted by Crippen LogP contribution is 2.38. The molecule has 0 amide bonds. The Balaban J connectivity index is 1.60. The topological polar surface area (TPSA) is 46.5 Å². The summed E-state index contributed by atoms with van der Waals surface area (Å²) in [6.07, 6.45) is 10.9. The van der Waals surface area contributed by atoms with E-state index in [9.17, 15) is 4.79 Å². The number of esters is 1. The average Bonchev–Trinajstić information content (AvgIpc) is 2.79. The third-order valence-corrected chi connectivity index (χ3v) is 6.64. The molecule has 0 saturated heterocycles. The van der Waals surface area contributed by atoms with E-state index in [-0.39, 0.29) is 5.57 Å². The number of ether oxygens (including phenoxy) is 1. The van der Waals surface area contributed by atoms with Crippen LogP contribution in [-0.4, -0.2) is 17.7 Å². The van der Waals surface area contributed by atoms with E-state index < -0.39 is 12.6 Å². The van der Waals surface area contributed by atoms with E-state index in [0.717, 1.165) is 17.0 Å². The van der Waals surface area contributed by atoms with Crippen LogP contribution < -0.4 is 4.74 Å². The summed E-state index contributed by atoms with van der Waals surface area (Å²) in [5.74, 6) is 1.50. The number of aliphatic hydroxyl groups excluding tert-OH is 1. The van der Waals surface area contributed by atoms with Gasteiger partial charge in [-0.15, -0.1) is 0 Å². The van der Waals surface area contributed by atoms with Gasteiger partial charge in [0.05, 0.1) is 12.2 Å². The second-order valence-electron chi connectivity index (χ2n) is 8.96. The van der Waals surface area contributed by atoms with E-state index in [1.165, 1.54) is 62.5 Å². The fourth-order valence-electron chi connectivity index (χ4n) is 4.67. The van der Waals surface area contributed by atoms with Crippen LogP contribution in [0.4, 0.5) is 0 Å². The van der Waals surface area contributed by atoms with E-state index in [1.807, 2.05) is 19.1 Å². The highest BCUT2D eigenvalue weighted by Gasteiger charge is 2.22. The molecule has 3 rings (SSSR count). The van der Waals surface area contributed by atoms with Gasteiger partial charge in [-0.25, -0.2) is 4.79 Å². The molecule has 31 heavy (non-hydrogen) atoms. The van der Waals surface area contributed by atoms with Crippen molar-refractivity contribution < 1.29 is 14.6 Å². The van der Waals surface area contributed by atoms with Crippen LogP contribution in [0.1, 0.15) is 75.3 Å². The lowest BCUT2D eigenvalue weighted by Crippen LogP contribution is -2.13. The van der Waals surface area contributed by atoms with Crippen LogP contribution in [0, 0.1) is 12.8 Å². The Bertz CT molecular complexity index is 874. The summed E-state index contributed by atoms with van der Waals surface area (Å²) >= 11 is 0. The predicted octanol–water partition coefficient (Wildman–Crippen LogP) is 6.97. The standard InChI is InChI=1S/C28H36O3/c1-4-5-6-7-22-8-10-23(11-9-22)24-12-14-25(15-13-24)27-17-16-26(18-20(27)2)31-28(30)21(3)19-29/h12-18,22-23,29H,3-11,19H2,1-2H3. The number of carbonyl (C=O) groups is 1. The van der Waals surface area contributed by atoms with Gasteiger partial charge in [-0.05, 0) is 78.8 Å². The van der Waals surface area contributed by atoms with Gasteiger partial charge in [0.2, 0.25) is 0 Å². The van der Waals surface area contributed by atoms with Crippen molar-refractivity contribution in [3.63, 3.8) is 0 Å². The molecule has 1 N–H and O–H groups in total. The molecule has 0 atom stereocenters. The molecule has 1 saturated carbocycles. The summed E-state index contributed by atoms with van der Waals surface area (Å²) in [5.41, 5.74) is 4.85. The number of unbranched alkanes of at least 4 members (excludes halogenated alkanes) is 2. The number of rotatable bonds is 9. The second-order valence-corrected chi connectivity index (χ2v) is 8.96. The van der Waals surface area contributed by atoms with Crippen molar-refractivity contribution in [3.8, 4) is 16.9 Å². The maximum Gasteiger partial charge on any atom is 0.341 e. The molecule has 0 radical (unpaired) electrons. The summed E-state index contributed by atoms with van der Waals surface area (Å²) in [6, 6.07) is 14.6. The van der Waals surface area contributed by atoms with Gasteiger partial charge in [-0.3, -0.25) is 0 Å². The molecule has 2 aromatic rings. The summed E-state index contributed by atoms with van der Waals surface area (Å²) in [7, 11) is 0. The summed E-state index contributed by atoms with van der Waals surface area (Å²) < 4.78 is 5.28. The van der Waals surface area contributed by atoms with Gasteiger partial charge in [-0.2, -0.15) is 0 Å². The molecule has 0 aromatic heterocycles. The number of carbonyl (C=O) groups excluding carboxylic acids is 1. The van der Waals surface area contributed by atoms with Crippen LogP contribution in [0.3, 0.4) is 0 Å². The van der Waals surface area contributed by atoms with E-state index >= 15 is 0 Å². The molecule has 0 spiro atoms. The Hall–Kier alpha value is -2.39. The molecule has 0 aliphatic heterocycles. The first kappa shape index (κ1) is 23.3. The van der Waals surface area contributed by atoms with E-state index in [1.54, 1.807) is 6.07 Å². The molecule has 0 bridgehead atoms. The first-order valence-corrected chi connectivity index (χ1v) is 11.7. The van der Waals surface area contributed by atoms with E-state index in [0.29, 0.717) is 11.7 Å². The Morgan fingerprint density at radius 1 is 1.06 bits per heavy atom. The van der Waals surface area contributed by atoms with Gasteiger partial charge in [0.25, 0.3) is 0 Å². The minimum Gasteiger partial charge on any atom is -0.423 e. The number of hydrogen-bond donors (Lipinski definition) is 1. The Labute approximate surface area is 187 Å². The lowest BCUT2D eigenvalue weighted by atomic mass is 9.77. The zero-order valence-corrected chi connectivity index (χ0v) is 19.0. The van der Waals surface area contributed by atoms with E-state index in [4.69, 9.17) is 9.84 Å². The summed E-state index contributed by atoms with van der Waals surface area (Å²) in [6.45, 7) is 7.39. The molecule has 166 valence electrons. The molecule has 3 heteroatoms.